The van der Waals surface area contributed by atoms with Gasteiger partial charge in [0.15, 0.2) is 5.16 Å². The molecule has 4 rings (SSSR count). The zero-order chi connectivity index (χ0) is 23.8. The molecule has 1 N–H and O–H groups in total. The number of ether oxygens (including phenoxy) is 1. The number of thioether (sulfide) groups is 1. The molecule has 2 aromatic carbocycles. The van der Waals surface area contributed by atoms with Gasteiger partial charge >= 0.3 is 0 Å². The first-order valence-corrected chi connectivity index (χ1v) is 12.8. The molecule has 1 amide bonds. The first-order valence-electron chi connectivity index (χ1n) is 11.8. The Labute approximate surface area is 206 Å². The van der Waals surface area contributed by atoms with Crippen LogP contribution in [0.25, 0.3) is 0 Å². The number of piperidine rings is 1. The molecule has 3 aromatic rings. The molecule has 0 saturated carbocycles. The number of carbonyl (C=O) groups excluding carboxylic acids is 1. The van der Waals surface area contributed by atoms with E-state index in [2.05, 4.69) is 17.1 Å². The highest BCUT2D eigenvalue weighted by atomic mass is 32.2. The van der Waals surface area contributed by atoms with Crippen LogP contribution in [0.1, 0.15) is 53.4 Å². The molecule has 178 valence electrons. The van der Waals surface area contributed by atoms with Crippen molar-refractivity contribution in [1.29, 1.82) is 0 Å². The summed E-state index contributed by atoms with van der Waals surface area (Å²) in [6.45, 7) is 4.26. The third-order valence-corrected chi connectivity index (χ3v) is 6.91. The zero-order valence-electron chi connectivity index (χ0n) is 19.9. The van der Waals surface area contributed by atoms with Crippen LogP contribution in [-0.4, -0.2) is 35.6 Å². The van der Waals surface area contributed by atoms with Gasteiger partial charge < -0.3 is 15.0 Å². The summed E-state index contributed by atoms with van der Waals surface area (Å²) in [7, 11) is 1.69. The number of amides is 1. The van der Waals surface area contributed by atoms with Gasteiger partial charge in [0.1, 0.15) is 5.82 Å². The number of nitrogens with one attached hydrogen (secondary N) is 1. The molecular formula is C27H32N4O2S. The van der Waals surface area contributed by atoms with E-state index in [0.29, 0.717) is 30.5 Å². The number of rotatable bonds is 9. The maximum atomic E-state index is 12.6. The van der Waals surface area contributed by atoms with Gasteiger partial charge in [0.2, 0.25) is 0 Å². The Morgan fingerprint density at radius 2 is 1.91 bits per heavy atom. The second-order valence-corrected chi connectivity index (χ2v) is 9.57. The lowest BCUT2D eigenvalue weighted by Crippen LogP contribution is -2.38. The normalized spacial score (nSPS) is 15.8. The molecule has 1 atom stereocenters. The summed E-state index contributed by atoms with van der Waals surface area (Å²) < 4.78 is 5.35. The van der Waals surface area contributed by atoms with Crippen molar-refractivity contribution in [2.24, 2.45) is 0 Å². The molecule has 34 heavy (non-hydrogen) atoms. The highest BCUT2D eigenvalue weighted by Crippen LogP contribution is 2.27. The Balaban J connectivity index is 1.43. The fourth-order valence-electron chi connectivity index (χ4n) is 4.16. The number of carbonyl (C=O) groups is 1. The van der Waals surface area contributed by atoms with Crippen molar-refractivity contribution in [2.75, 3.05) is 18.6 Å². The number of methoxy groups -OCH3 is 1. The van der Waals surface area contributed by atoms with E-state index in [-0.39, 0.29) is 5.91 Å². The molecule has 1 fully saturated rings. The van der Waals surface area contributed by atoms with E-state index >= 15 is 0 Å². The summed E-state index contributed by atoms with van der Waals surface area (Å²) in [5.74, 6) is 1.59. The number of benzene rings is 2. The van der Waals surface area contributed by atoms with E-state index in [0.717, 1.165) is 34.3 Å². The van der Waals surface area contributed by atoms with E-state index in [1.807, 2.05) is 60.7 Å². The standard InChI is InChI=1S/C27H32N4O2S/c1-20-9-6-7-14-31(20)25-16-24(18-33-2)29-27(30-25)34-19-22-12-8-13-23(15-22)26(32)28-17-21-10-4-3-5-11-21/h3-5,8,10-13,15-16,20H,6-7,9,14,17-19H2,1-2H3,(H,28,32)/t20-/m0/s1. The predicted molar refractivity (Wildman–Crippen MR) is 137 cm³/mol. The number of hydrogen-bond donors (Lipinski definition) is 1. The van der Waals surface area contributed by atoms with Crippen molar-refractivity contribution in [3.8, 4) is 0 Å². The molecule has 0 aliphatic carbocycles. The lowest BCUT2D eigenvalue weighted by atomic mass is 10.0. The fourth-order valence-corrected chi connectivity index (χ4v) is 4.98. The highest BCUT2D eigenvalue weighted by Gasteiger charge is 2.21. The zero-order valence-corrected chi connectivity index (χ0v) is 20.7. The lowest BCUT2D eigenvalue weighted by molar-refractivity contribution is 0.0951. The summed E-state index contributed by atoms with van der Waals surface area (Å²) in [6, 6.07) is 20.2. The topological polar surface area (TPSA) is 67.3 Å². The summed E-state index contributed by atoms with van der Waals surface area (Å²) in [4.78, 5) is 24.6. The molecule has 7 heteroatoms. The largest absolute Gasteiger partial charge is 0.378 e. The minimum absolute atomic E-state index is 0.0737. The van der Waals surface area contributed by atoms with Crippen molar-refractivity contribution in [3.63, 3.8) is 0 Å². The fraction of sp³-hybridized carbons (Fsp3) is 0.370. The molecule has 6 nitrogen and oxygen atoms in total. The molecule has 1 aliphatic heterocycles. The Bertz CT molecular complexity index is 1090. The quantitative estimate of drug-likeness (QED) is 0.337. The van der Waals surface area contributed by atoms with Gasteiger partial charge in [-0.25, -0.2) is 9.97 Å². The van der Waals surface area contributed by atoms with Gasteiger partial charge in [-0.1, -0.05) is 54.2 Å². The van der Waals surface area contributed by atoms with Gasteiger partial charge in [-0.15, -0.1) is 0 Å². The van der Waals surface area contributed by atoms with Crippen LogP contribution >= 0.6 is 11.8 Å². The smallest absolute Gasteiger partial charge is 0.251 e. The van der Waals surface area contributed by atoms with E-state index in [4.69, 9.17) is 14.7 Å². The lowest BCUT2D eigenvalue weighted by Gasteiger charge is -2.34. The highest BCUT2D eigenvalue weighted by molar-refractivity contribution is 7.98. The summed E-state index contributed by atoms with van der Waals surface area (Å²) >= 11 is 1.59. The molecule has 1 aromatic heterocycles. The van der Waals surface area contributed by atoms with Crippen LogP contribution in [0.2, 0.25) is 0 Å². The number of aromatic nitrogens is 2. The second-order valence-electron chi connectivity index (χ2n) is 8.63. The average Bonchev–Trinajstić information content (AvgIpc) is 2.87. The minimum atomic E-state index is -0.0737. The van der Waals surface area contributed by atoms with Crippen molar-refractivity contribution in [3.05, 3.63) is 83.0 Å². The van der Waals surface area contributed by atoms with Crippen molar-refractivity contribution in [2.45, 2.75) is 56.3 Å². The first kappa shape index (κ1) is 24.2. The van der Waals surface area contributed by atoms with Crippen LogP contribution in [0, 0.1) is 0 Å². The number of nitrogens with zero attached hydrogens (tertiary/aromatic N) is 3. The van der Waals surface area contributed by atoms with Crippen LogP contribution < -0.4 is 10.2 Å². The molecule has 0 unspecified atom stereocenters. The monoisotopic (exact) mass is 476 g/mol. The van der Waals surface area contributed by atoms with Crippen LogP contribution in [0.5, 0.6) is 0 Å². The van der Waals surface area contributed by atoms with Crippen molar-refractivity contribution < 1.29 is 9.53 Å². The van der Waals surface area contributed by atoms with Gasteiger partial charge in [-0.2, -0.15) is 0 Å². The molecule has 0 radical (unpaired) electrons. The maximum absolute atomic E-state index is 12.6. The van der Waals surface area contributed by atoms with Crippen LogP contribution in [-0.2, 0) is 23.6 Å². The number of anilines is 1. The van der Waals surface area contributed by atoms with Crippen LogP contribution in [0.15, 0.2) is 65.8 Å². The minimum Gasteiger partial charge on any atom is -0.378 e. The van der Waals surface area contributed by atoms with Crippen molar-refractivity contribution in [1.82, 2.24) is 15.3 Å². The molecule has 0 spiro atoms. The van der Waals surface area contributed by atoms with Gasteiger partial charge in [-0.05, 0) is 49.4 Å². The molecule has 0 bridgehead atoms. The van der Waals surface area contributed by atoms with Crippen LogP contribution in [0.4, 0.5) is 5.82 Å². The Morgan fingerprint density at radius 3 is 2.71 bits per heavy atom. The maximum Gasteiger partial charge on any atom is 0.251 e. The van der Waals surface area contributed by atoms with Gasteiger partial charge in [0, 0.05) is 43.6 Å². The number of hydrogen-bond acceptors (Lipinski definition) is 6. The molecule has 1 aliphatic rings. The first-order chi connectivity index (χ1) is 16.6. The van der Waals surface area contributed by atoms with Crippen LogP contribution in [0.3, 0.4) is 0 Å². The average molecular weight is 477 g/mol. The summed E-state index contributed by atoms with van der Waals surface area (Å²) in [5.41, 5.74) is 3.69. The van der Waals surface area contributed by atoms with Crippen molar-refractivity contribution >= 4 is 23.5 Å². The Morgan fingerprint density at radius 1 is 1.09 bits per heavy atom. The summed E-state index contributed by atoms with van der Waals surface area (Å²) in [6.07, 6.45) is 3.64. The van der Waals surface area contributed by atoms with E-state index in [9.17, 15) is 4.79 Å². The van der Waals surface area contributed by atoms with Gasteiger partial charge in [0.05, 0.1) is 12.3 Å². The van der Waals surface area contributed by atoms with E-state index < -0.39 is 0 Å². The molecule has 1 saturated heterocycles. The van der Waals surface area contributed by atoms with Gasteiger partial charge in [0.25, 0.3) is 5.91 Å². The van der Waals surface area contributed by atoms with E-state index in [1.54, 1.807) is 18.9 Å². The van der Waals surface area contributed by atoms with Gasteiger partial charge in [-0.3, -0.25) is 4.79 Å². The Kier molecular flexibility index (Phi) is 8.55. The molecular weight excluding hydrogens is 444 g/mol. The second kappa shape index (κ2) is 12.0. The predicted octanol–water partition coefficient (Wildman–Crippen LogP) is 5.22. The molecule has 2 heterocycles. The Hall–Kier alpha value is -2.90. The van der Waals surface area contributed by atoms with E-state index in [1.165, 1.54) is 19.3 Å². The third-order valence-electron chi connectivity index (χ3n) is 5.99. The third kappa shape index (κ3) is 6.58. The SMILES string of the molecule is COCc1cc(N2CCCC[C@@H]2C)nc(SCc2cccc(C(=O)NCc3ccccc3)c2)n1. The summed E-state index contributed by atoms with van der Waals surface area (Å²) in [5, 5.41) is 3.73.